The van der Waals surface area contributed by atoms with E-state index >= 15 is 0 Å². The number of piperidine rings is 1. The topological polar surface area (TPSA) is 92.2 Å². The molecular weight excluding hydrogens is 292 g/mol. The van der Waals surface area contributed by atoms with E-state index in [1.54, 1.807) is 13.8 Å². The number of hydrogen-bond donors (Lipinski definition) is 3. The lowest BCUT2D eigenvalue weighted by molar-refractivity contribution is 0.0632. The molecule has 1 saturated heterocycles. The lowest BCUT2D eigenvalue weighted by Gasteiger charge is -2.28. The van der Waals surface area contributed by atoms with Crippen LogP contribution in [0.3, 0.4) is 0 Å². The number of aliphatic hydroxyl groups is 1. The molecule has 0 aliphatic carbocycles. The molecule has 3 heterocycles. The second-order valence-electron chi connectivity index (χ2n) is 6.87. The van der Waals surface area contributed by atoms with Gasteiger partial charge in [0.05, 0.1) is 17.7 Å². The zero-order valence-electron chi connectivity index (χ0n) is 14.1. The molecule has 7 nitrogen and oxygen atoms in total. The molecule has 0 atom stereocenters. The van der Waals surface area contributed by atoms with E-state index in [0.29, 0.717) is 23.8 Å². The lowest BCUT2D eigenvalue weighted by atomic mass is 10.1. The molecule has 4 N–H and O–H groups in total. The van der Waals surface area contributed by atoms with Gasteiger partial charge >= 0.3 is 0 Å². The number of nitrogens with zero attached hydrogens (tertiary/aromatic N) is 4. The van der Waals surface area contributed by atoms with E-state index in [-0.39, 0.29) is 0 Å². The van der Waals surface area contributed by atoms with Crippen molar-refractivity contribution < 1.29 is 5.11 Å². The first-order valence-electron chi connectivity index (χ1n) is 8.21. The zero-order valence-corrected chi connectivity index (χ0v) is 14.1. The van der Waals surface area contributed by atoms with Gasteiger partial charge in [-0.15, -0.1) is 0 Å². The second kappa shape index (κ2) is 5.88. The van der Waals surface area contributed by atoms with Crippen LogP contribution in [-0.4, -0.2) is 45.4 Å². The van der Waals surface area contributed by atoms with Crippen molar-refractivity contribution in [1.29, 1.82) is 0 Å². The quantitative estimate of drug-likeness (QED) is 0.796. The van der Waals surface area contributed by atoms with Gasteiger partial charge in [-0.2, -0.15) is 0 Å². The SMILES string of the molecule is CNc1nc2c(N)nc(N3CCCCC3)cc2n1CC(C)(C)O. The molecule has 0 unspecified atom stereocenters. The van der Waals surface area contributed by atoms with Crippen LogP contribution in [0.4, 0.5) is 17.6 Å². The van der Waals surface area contributed by atoms with Crippen LogP contribution in [0, 0.1) is 0 Å². The first-order valence-corrected chi connectivity index (χ1v) is 8.21. The van der Waals surface area contributed by atoms with E-state index < -0.39 is 5.60 Å². The first kappa shape index (κ1) is 15.9. The molecule has 7 heteroatoms. The summed E-state index contributed by atoms with van der Waals surface area (Å²) in [5.41, 5.74) is 6.90. The predicted molar refractivity (Wildman–Crippen MR) is 93.8 cm³/mol. The molecule has 1 fully saturated rings. The van der Waals surface area contributed by atoms with E-state index in [4.69, 9.17) is 5.73 Å². The van der Waals surface area contributed by atoms with Crippen LogP contribution in [0.25, 0.3) is 11.0 Å². The highest BCUT2D eigenvalue weighted by Gasteiger charge is 2.22. The average Bonchev–Trinajstić information content (AvgIpc) is 2.85. The fourth-order valence-corrected chi connectivity index (χ4v) is 3.15. The minimum absolute atomic E-state index is 0.433. The first-order chi connectivity index (χ1) is 10.9. The number of nitrogens with two attached hydrogens (primary N) is 1. The van der Waals surface area contributed by atoms with Crippen LogP contribution < -0.4 is 16.0 Å². The van der Waals surface area contributed by atoms with Crippen molar-refractivity contribution in [3.05, 3.63) is 6.07 Å². The Balaban J connectivity index is 2.10. The van der Waals surface area contributed by atoms with Gasteiger partial charge in [-0.25, -0.2) is 9.97 Å². The number of nitrogens with one attached hydrogen (secondary N) is 1. The summed E-state index contributed by atoms with van der Waals surface area (Å²) in [6.45, 7) is 6.03. The Hall–Kier alpha value is -2.02. The van der Waals surface area contributed by atoms with Crippen molar-refractivity contribution in [3.8, 4) is 0 Å². The Bertz CT molecular complexity index is 697. The molecule has 0 amide bonds. The van der Waals surface area contributed by atoms with E-state index in [1.165, 1.54) is 19.3 Å². The molecule has 0 bridgehead atoms. The summed E-state index contributed by atoms with van der Waals surface area (Å²) in [5, 5.41) is 13.3. The number of imidazole rings is 1. The third-order valence-corrected chi connectivity index (χ3v) is 4.20. The van der Waals surface area contributed by atoms with Crippen molar-refractivity contribution in [2.45, 2.75) is 45.3 Å². The molecule has 1 aliphatic heterocycles. The van der Waals surface area contributed by atoms with E-state index in [2.05, 4.69) is 20.2 Å². The van der Waals surface area contributed by atoms with Gasteiger partial charge < -0.3 is 25.6 Å². The van der Waals surface area contributed by atoms with Gasteiger partial charge in [0, 0.05) is 26.2 Å². The van der Waals surface area contributed by atoms with E-state index in [1.807, 2.05) is 17.7 Å². The molecule has 3 rings (SSSR count). The highest BCUT2D eigenvalue weighted by molar-refractivity contribution is 5.89. The summed E-state index contributed by atoms with van der Waals surface area (Å²) in [4.78, 5) is 11.4. The molecular formula is C16H26N6O. The monoisotopic (exact) mass is 318 g/mol. The number of nitrogen functional groups attached to an aromatic ring is 1. The van der Waals surface area contributed by atoms with Gasteiger partial charge in [0.2, 0.25) is 5.95 Å². The summed E-state index contributed by atoms with van der Waals surface area (Å²) in [6, 6.07) is 2.04. The van der Waals surface area contributed by atoms with Crippen molar-refractivity contribution in [1.82, 2.24) is 14.5 Å². The van der Waals surface area contributed by atoms with Gasteiger partial charge in [-0.3, -0.25) is 0 Å². The number of aromatic nitrogens is 3. The molecule has 0 spiro atoms. The van der Waals surface area contributed by atoms with Gasteiger partial charge in [0.25, 0.3) is 0 Å². The smallest absolute Gasteiger partial charge is 0.203 e. The molecule has 0 radical (unpaired) electrons. The van der Waals surface area contributed by atoms with Crippen molar-refractivity contribution in [3.63, 3.8) is 0 Å². The van der Waals surface area contributed by atoms with Gasteiger partial charge in [0.1, 0.15) is 11.3 Å². The average molecular weight is 318 g/mol. The largest absolute Gasteiger partial charge is 0.389 e. The maximum atomic E-state index is 10.2. The Kier molecular flexibility index (Phi) is 4.06. The maximum Gasteiger partial charge on any atom is 0.203 e. The fourth-order valence-electron chi connectivity index (χ4n) is 3.15. The second-order valence-corrected chi connectivity index (χ2v) is 6.87. The zero-order chi connectivity index (χ0) is 16.6. The van der Waals surface area contributed by atoms with Crippen LogP contribution >= 0.6 is 0 Å². The van der Waals surface area contributed by atoms with E-state index in [9.17, 15) is 5.11 Å². The van der Waals surface area contributed by atoms with Crippen LogP contribution in [0.2, 0.25) is 0 Å². The Morgan fingerprint density at radius 3 is 2.57 bits per heavy atom. The van der Waals surface area contributed by atoms with E-state index in [0.717, 1.165) is 24.4 Å². The fraction of sp³-hybridized carbons (Fsp3) is 0.625. The lowest BCUT2D eigenvalue weighted by Crippen LogP contribution is -2.30. The van der Waals surface area contributed by atoms with Gasteiger partial charge in [-0.1, -0.05) is 0 Å². The standard InChI is InChI=1S/C16H26N6O/c1-16(2,23)10-22-11-9-12(21-7-5-4-6-8-21)19-14(17)13(11)20-15(22)18-3/h9,23H,4-8,10H2,1-3H3,(H2,17,19)(H,18,20). The molecule has 2 aromatic rings. The third-order valence-electron chi connectivity index (χ3n) is 4.20. The normalized spacial score (nSPS) is 16.1. The van der Waals surface area contributed by atoms with Gasteiger partial charge in [-0.05, 0) is 33.1 Å². The molecule has 23 heavy (non-hydrogen) atoms. The molecule has 1 aliphatic rings. The number of pyridine rings is 1. The number of rotatable bonds is 4. The minimum Gasteiger partial charge on any atom is -0.389 e. The predicted octanol–water partition coefficient (Wildman–Crippen LogP) is 1.82. The van der Waals surface area contributed by atoms with Crippen LogP contribution in [0.5, 0.6) is 0 Å². The van der Waals surface area contributed by atoms with Crippen molar-refractivity contribution in [2.24, 2.45) is 0 Å². The Morgan fingerprint density at radius 2 is 1.96 bits per heavy atom. The molecule has 2 aromatic heterocycles. The highest BCUT2D eigenvalue weighted by atomic mass is 16.3. The van der Waals surface area contributed by atoms with Crippen LogP contribution in [-0.2, 0) is 6.54 Å². The van der Waals surface area contributed by atoms with Crippen LogP contribution in [0.1, 0.15) is 33.1 Å². The summed E-state index contributed by atoms with van der Waals surface area (Å²) < 4.78 is 1.97. The molecule has 0 saturated carbocycles. The Morgan fingerprint density at radius 1 is 1.26 bits per heavy atom. The van der Waals surface area contributed by atoms with Crippen molar-refractivity contribution in [2.75, 3.05) is 36.1 Å². The maximum absolute atomic E-state index is 10.2. The number of fused-ring (bicyclic) bond motifs is 1. The summed E-state index contributed by atoms with van der Waals surface area (Å²) >= 11 is 0. The Labute approximate surface area is 136 Å². The third kappa shape index (κ3) is 3.19. The number of hydrogen-bond acceptors (Lipinski definition) is 6. The molecule has 0 aromatic carbocycles. The summed E-state index contributed by atoms with van der Waals surface area (Å²) in [7, 11) is 1.82. The highest BCUT2D eigenvalue weighted by Crippen LogP contribution is 2.29. The minimum atomic E-state index is -0.845. The number of anilines is 3. The summed E-state index contributed by atoms with van der Waals surface area (Å²) in [6.07, 6.45) is 3.64. The van der Waals surface area contributed by atoms with Crippen LogP contribution in [0.15, 0.2) is 6.07 Å². The summed E-state index contributed by atoms with van der Waals surface area (Å²) in [5.74, 6) is 2.02. The van der Waals surface area contributed by atoms with Crippen molar-refractivity contribution >= 4 is 28.6 Å². The molecule has 126 valence electrons. The van der Waals surface area contributed by atoms with Gasteiger partial charge in [0.15, 0.2) is 5.82 Å².